The normalized spacial score (nSPS) is 11.3. The van der Waals surface area contributed by atoms with Crippen molar-refractivity contribution >= 4 is 22.6 Å². The maximum Gasteiger partial charge on any atom is 0.284 e. The fourth-order valence-corrected chi connectivity index (χ4v) is 4.95. The number of aromatic amines is 1. The highest BCUT2D eigenvalue weighted by molar-refractivity contribution is 6.04. The van der Waals surface area contributed by atoms with Crippen molar-refractivity contribution in [3.63, 3.8) is 0 Å². The van der Waals surface area contributed by atoms with Gasteiger partial charge in [-0.1, -0.05) is 18.2 Å². The lowest BCUT2D eigenvalue weighted by Gasteiger charge is -2.11. The fraction of sp³-hybridized carbons (Fsp3) is 0.125. The first-order chi connectivity index (χ1) is 20.8. The average molecular weight is 578 g/mol. The minimum Gasteiger partial charge on any atom is -0.438 e. The molecule has 0 spiro atoms. The quantitative estimate of drug-likeness (QED) is 0.252. The summed E-state index contributed by atoms with van der Waals surface area (Å²) in [4.78, 5) is 40.1. The van der Waals surface area contributed by atoms with E-state index >= 15 is 0 Å². The van der Waals surface area contributed by atoms with Gasteiger partial charge in [-0.25, -0.2) is 19.0 Å². The summed E-state index contributed by atoms with van der Waals surface area (Å²) in [5.41, 5.74) is 4.11. The van der Waals surface area contributed by atoms with Crippen LogP contribution in [0.1, 0.15) is 15.9 Å². The number of H-pyrrole nitrogens is 1. The molecule has 10 nitrogen and oxygen atoms in total. The third kappa shape index (κ3) is 5.66. The number of amides is 1. The van der Waals surface area contributed by atoms with Gasteiger partial charge in [0.25, 0.3) is 11.5 Å². The van der Waals surface area contributed by atoms with E-state index in [0.717, 1.165) is 23.1 Å². The van der Waals surface area contributed by atoms with Gasteiger partial charge in [0.1, 0.15) is 29.1 Å². The van der Waals surface area contributed by atoms with Crippen molar-refractivity contribution in [2.75, 3.05) is 19.4 Å². The third-order valence-corrected chi connectivity index (χ3v) is 6.87. The zero-order valence-corrected chi connectivity index (χ0v) is 23.7. The maximum absolute atomic E-state index is 13.3. The summed E-state index contributed by atoms with van der Waals surface area (Å²) in [5.74, 6) is -0.0906. The number of nitrogens with one attached hydrogen (secondary N) is 2. The summed E-state index contributed by atoms with van der Waals surface area (Å²) in [7, 11) is 5.69. The van der Waals surface area contributed by atoms with Crippen molar-refractivity contribution in [3.8, 4) is 28.4 Å². The molecular weight excluding hydrogens is 549 g/mol. The number of hydrogen-bond donors (Lipinski definition) is 2. The summed E-state index contributed by atoms with van der Waals surface area (Å²) in [6.07, 6.45) is 4.77. The van der Waals surface area contributed by atoms with Gasteiger partial charge in [-0.05, 0) is 79.8 Å². The number of fused-ring (bicyclic) bond motifs is 1. The van der Waals surface area contributed by atoms with Crippen LogP contribution in [-0.2, 0) is 13.6 Å². The number of halogens is 1. The molecule has 216 valence electrons. The van der Waals surface area contributed by atoms with E-state index in [1.165, 1.54) is 51.7 Å². The molecule has 0 atom stereocenters. The highest BCUT2D eigenvalue weighted by atomic mass is 19.1. The van der Waals surface area contributed by atoms with Crippen LogP contribution in [0, 0.1) is 5.82 Å². The molecule has 1 amide bonds. The molecule has 0 unspecified atom stereocenters. The first-order valence-corrected chi connectivity index (χ1v) is 13.5. The highest BCUT2D eigenvalue weighted by Crippen LogP contribution is 2.35. The van der Waals surface area contributed by atoms with Crippen LogP contribution in [0.15, 0.2) is 96.3 Å². The van der Waals surface area contributed by atoms with E-state index in [-0.39, 0.29) is 5.56 Å². The molecule has 3 heterocycles. The van der Waals surface area contributed by atoms with Crippen LogP contribution in [0.4, 0.5) is 10.1 Å². The largest absolute Gasteiger partial charge is 0.438 e. The van der Waals surface area contributed by atoms with Crippen molar-refractivity contribution in [2.45, 2.75) is 6.54 Å². The van der Waals surface area contributed by atoms with E-state index in [0.29, 0.717) is 28.7 Å². The van der Waals surface area contributed by atoms with Crippen molar-refractivity contribution in [2.24, 2.45) is 7.05 Å². The van der Waals surface area contributed by atoms with Crippen LogP contribution in [0.2, 0.25) is 0 Å². The second kappa shape index (κ2) is 11.4. The number of anilines is 1. The van der Waals surface area contributed by atoms with Gasteiger partial charge < -0.3 is 19.9 Å². The molecule has 43 heavy (non-hydrogen) atoms. The lowest BCUT2D eigenvalue weighted by molar-refractivity contribution is 0.102. The molecule has 3 aromatic carbocycles. The molecule has 2 N–H and O–H groups in total. The van der Waals surface area contributed by atoms with Crippen LogP contribution in [-0.4, -0.2) is 49.2 Å². The number of carbonyl (C=O) groups excluding carboxylic acids is 1. The predicted molar refractivity (Wildman–Crippen MR) is 162 cm³/mol. The van der Waals surface area contributed by atoms with Gasteiger partial charge in [0.15, 0.2) is 0 Å². The topological polar surface area (TPSA) is 110 Å². The van der Waals surface area contributed by atoms with Gasteiger partial charge in [0.05, 0.1) is 11.1 Å². The molecule has 0 fully saturated rings. The number of benzene rings is 3. The molecule has 0 aliphatic carbocycles. The van der Waals surface area contributed by atoms with E-state index in [2.05, 4.69) is 37.3 Å². The van der Waals surface area contributed by atoms with Gasteiger partial charge in [-0.2, -0.15) is 0 Å². The van der Waals surface area contributed by atoms with E-state index in [1.807, 2.05) is 32.4 Å². The second-order valence-electron chi connectivity index (χ2n) is 10.3. The Hall–Kier alpha value is -5.55. The Morgan fingerprint density at radius 1 is 1.05 bits per heavy atom. The van der Waals surface area contributed by atoms with Crippen LogP contribution in [0.3, 0.4) is 0 Å². The first-order valence-electron chi connectivity index (χ1n) is 13.5. The molecule has 0 saturated heterocycles. The lowest BCUT2D eigenvalue weighted by atomic mass is 10.0. The molecular formula is C32H28FN7O3. The van der Waals surface area contributed by atoms with Gasteiger partial charge in [0.2, 0.25) is 5.88 Å². The Balaban J connectivity index is 1.21. The zero-order valence-electron chi connectivity index (χ0n) is 23.7. The first kappa shape index (κ1) is 27.6. The molecule has 6 aromatic rings. The van der Waals surface area contributed by atoms with E-state index in [9.17, 15) is 14.0 Å². The number of aromatic nitrogens is 5. The number of ether oxygens (including phenoxy) is 1. The smallest absolute Gasteiger partial charge is 0.284 e. The minimum absolute atomic E-state index is 0.0508. The minimum atomic E-state index is -0.568. The van der Waals surface area contributed by atoms with Gasteiger partial charge in [-0.15, -0.1) is 0 Å². The monoisotopic (exact) mass is 577 g/mol. The number of nitrogens with zero attached hydrogens (tertiary/aromatic N) is 5. The number of hydrogen-bond acceptors (Lipinski definition) is 6. The Kier molecular flexibility index (Phi) is 7.31. The fourth-order valence-electron chi connectivity index (χ4n) is 4.95. The Labute approximate surface area is 246 Å². The van der Waals surface area contributed by atoms with Gasteiger partial charge in [-0.3, -0.25) is 14.3 Å². The standard InChI is InChI=1S/C32H28FN7O3/c1-38(2)17-20-5-4-6-21(15-20)26-16-34-29-28(26)31(36-19-35-29)43-25-13-9-23(10-14-25)37-30(41)27-18-39(3)40(32(27)42)24-11-7-22(33)8-12-24/h4-16,18-19H,17H2,1-3H3,(H,37,41)(H,34,35,36). The second-order valence-corrected chi connectivity index (χ2v) is 10.3. The Morgan fingerprint density at radius 2 is 1.81 bits per heavy atom. The number of aryl methyl sites for hydroxylation is 1. The van der Waals surface area contributed by atoms with Crippen LogP contribution in [0.25, 0.3) is 27.8 Å². The molecule has 0 aliphatic heterocycles. The molecule has 3 aromatic heterocycles. The van der Waals surface area contributed by atoms with Crippen LogP contribution >= 0.6 is 0 Å². The predicted octanol–water partition coefficient (Wildman–Crippen LogP) is 5.36. The van der Waals surface area contributed by atoms with Gasteiger partial charge in [0, 0.05) is 37.2 Å². The zero-order chi connectivity index (χ0) is 30.1. The molecule has 0 aliphatic rings. The summed E-state index contributed by atoms with van der Waals surface area (Å²) >= 11 is 0. The maximum atomic E-state index is 13.3. The molecule has 0 bridgehead atoms. The molecule has 0 radical (unpaired) electrons. The summed E-state index contributed by atoms with van der Waals surface area (Å²) < 4.78 is 22.3. The van der Waals surface area contributed by atoms with Gasteiger partial charge >= 0.3 is 0 Å². The summed E-state index contributed by atoms with van der Waals surface area (Å²) in [6, 6.07) is 20.5. The Morgan fingerprint density at radius 3 is 2.56 bits per heavy atom. The van der Waals surface area contributed by atoms with Crippen molar-refractivity contribution < 1.29 is 13.9 Å². The van der Waals surface area contributed by atoms with Crippen LogP contribution in [0.5, 0.6) is 11.6 Å². The lowest BCUT2D eigenvalue weighted by Crippen LogP contribution is -2.25. The summed E-state index contributed by atoms with van der Waals surface area (Å²) in [6.45, 7) is 0.813. The van der Waals surface area contributed by atoms with E-state index in [1.54, 1.807) is 31.3 Å². The average Bonchev–Trinajstić information content (AvgIpc) is 3.55. The Bertz CT molecular complexity index is 1990. The highest BCUT2D eigenvalue weighted by Gasteiger charge is 2.19. The molecule has 11 heteroatoms. The molecule has 0 saturated carbocycles. The van der Waals surface area contributed by atoms with Crippen molar-refractivity contribution in [1.82, 2.24) is 29.2 Å². The summed E-state index contributed by atoms with van der Waals surface area (Å²) in [5, 5.41) is 3.50. The molecule has 6 rings (SSSR count). The number of carbonyl (C=O) groups is 1. The van der Waals surface area contributed by atoms with Crippen LogP contribution < -0.4 is 15.6 Å². The van der Waals surface area contributed by atoms with E-state index in [4.69, 9.17) is 4.74 Å². The van der Waals surface area contributed by atoms with E-state index < -0.39 is 17.3 Å². The third-order valence-electron chi connectivity index (χ3n) is 6.87. The van der Waals surface area contributed by atoms with Crippen molar-refractivity contribution in [1.29, 1.82) is 0 Å². The number of rotatable bonds is 8. The SMILES string of the molecule is CN(C)Cc1cccc(-c2c[nH]c3ncnc(Oc4ccc(NC(=O)c5cn(C)n(-c6ccc(F)cc6)c5=O)cc4)c23)c1. The van der Waals surface area contributed by atoms with Crippen molar-refractivity contribution in [3.05, 3.63) is 119 Å².